The second kappa shape index (κ2) is 8.24. The highest BCUT2D eigenvalue weighted by molar-refractivity contribution is 6.00. The number of nitrogens with one attached hydrogen (secondary N) is 1. The van der Waals surface area contributed by atoms with Crippen LogP contribution in [0.1, 0.15) is 6.23 Å². The molecule has 0 amide bonds. The van der Waals surface area contributed by atoms with Crippen LogP contribution in [0.5, 0.6) is 0 Å². The van der Waals surface area contributed by atoms with Crippen LogP contribution in [0.3, 0.4) is 0 Å². The molecule has 10 heteroatoms. The van der Waals surface area contributed by atoms with E-state index in [9.17, 15) is 19.7 Å². The van der Waals surface area contributed by atoms with Gasteiger partial charge in [0, 0.05) is 11.3 Å². The third-order valence-electron chi connectivity index (χ3n) is 5.40. The van der Waals surface area contributed by atoms with Crippen LogP contribution in [-0.2, 0) is 4.74 Å². The topological polar surface area (TPSA) is 126 Å². The Morgan fingerprint density at radius 3 is 2.44 bits per heavy atom. The van der Waals surface area contributed by atoms with Gasteiger partial charge >= 0.3 is 0 Å². The molecule has 0 unspecified atom stereocenters. The van der Waals surface area contributed by atoms with Gasteiger partial charge < -0.3 is 25.4 Å². The van der Waals surface area contributed by atoms with Gasteiger partial charge in [-0.2, -0.15) is 5.10 Å². The van der Waals surface area contributed by atoms with Crippen molar-refractivity contribution in [3.63, 3.8) is 0 Å². The molecule has 1 aliphatic rings. The summed E-state index contributed by atoms with van der Waals surface area (Å²) in [5.74, 6) is 0.0731. The fourth-order valence-electron chi connectivity index (χ4n) is 3.80. The molecule has 4 atom stereocenters. The van der Waals surface area contributed by atoms with E-state index in [-0.39, 0.29) is 5.82 Å². The van der Waals surface area contributed by atoms with Gasteiger partial charge in [0.15, 0.2) is 11.9 Å². The summed E-state index contributed by atoms with van der Waals surface area (Å²) in [5.41, 5.74) is 2.29. The van der Waals surface area contributed by atoms with Crippen molar-refractivity contribution in [3.05, 3.63) is 66.7 Å². The van der Waals surface area contributed by atoms with Gasteiger partial charge in [-0.3, -0.25) is 0 Å². The summed E-state index contributed by atoms with van der Waals surface area (Å²) >= 11 is 0. The smallest absolute Gasteiger partial charge is 0.181 e. The summed E-state index contributed by atoms with van der Waals surface area (Å²) in [5, 5.41) is 38.6. The van der Waals surface area contributed by atoms with Crippen LogP contribution in [0.25, 0.3) is 22.3 Å². The Morgan fingerprint density at radius 1 is 1.00 bits per heavy atom. The highest BCUT2D eigenvalue weighted by atomic mass is 19.1. The Balaban J connectivity index is 1.67. The van der Waals surface area contributed by atoms with Gasteiger partial charge in [-0.15, -0.1) is 0 Å². The van der Waals surface area contributed by atoms with Crippen LogP contribution >= 0.6 is 0 Å². The van der Waals surface area contributed by atoms with Crippen LogP contribution in [0.4, 0.5) is 15.9 Å². The number of aromatic nitrogens is 4. The fraction of sp³-hybridized carbons (Fsp3) is 0.227. The molecule has 32 heavy (non-hydrogen) atoms. The van der Waals surface area contributed by atoms with E-state index in [1.165, 1.54) is 23.1 Å². The van der Waals surface area contributed by atoms with Crippen molar-refractivity contribution in [2.45, 2.75) is 24.5 Å². The molecule has 1 aliphatic heterocycles. The molecule has 2 aromatic heterocycles. The molecule has 4 aromatic rings. The van der Waals surface area contributed by atoms with E-state index in [2.05, 4.69) is 20.4 Å². The van der Waals surface area contributed by atoms with Gasteiger partial charge in [-0.05, 0) is 24.3 Å². The second-order valence-electron chi connectivity index (χ2n) is 7.44. The van der Waals surface area contributed by atoms with Crippen LogP contribution in [0.15, 0.2) is 60.9 Å². The molecule has 0 spiro atoms. The summed E-state index contributed by atoms with van der Waals surface area (Å²) in [4.78, 5) is 8.71. The number of rotatable bonds is 5. The number of ether oxygens (including phenoxy) is 1. The van der Waals surface area contributed by atoms with Crippen LogP contribution < -0.4 is 5.32 Å². The average Bonchev–Trinajstić information content (AvgIpc) is 3.34. The van der Waals surface area contributed by atoms with E-state index < -0.39 is 31.1 Å². The van der Waals surface area contributed by atoms with E-state index in [0.29, 0.717) is 28.2 Å². The highest BCUT2D eigenvalue weighted by Gasteiger charge is 2.45. The molecule has 3 heterocycles. The number of anilines is 2. The SMILES string of the molecule is OC[C@H]1O[C@@H](n2nc(-c3ccccc3)c3c(Nc4ccc(F)cc4)ncnc32)[C@@H](O)[C@H]1O. The summed E-state index contributed by atoms with van der Waals surface area (Å²) in [7, 11) is 0. The molecule has 0 bridgehead atoms. The lowest BCUT2D eigenvalue weighted by molar-refractivity contribution is -0.0565. The van der Waals surface area contributed by atoms with E-state index >= 15 is 0 Å². The van der Waals surface area contributed by atoms with Crippen LogP contribution in [0, 0.1) is 5.82 Å². The number of benzene rings is 2. The number of fused-ring (bicyclic) bond motifs is 1. The van der Waals surface area contributed by atoms with E-state index in [1.54, 1.807) is 12.1 Å². The minimum atomic E-state index is -1.32. The molecular formula is C22H20FN5O4. The van der Waals surface area contributed by atoms with Gasteiger partial charge in [-0.25, -0.2) is 19.0 Å². The predicted octanol–water partition coefficient (Wildman–Crippen LogP) is 1.99. The molecular weight excluding hydrogens is 417 g/mol. The van der Waals surface area contributed by atoms with Crippen molar-refractivity contribution in [2.24, 2.45) is 0 Å². The lowest BCUT2D eigenvalue weighted by Gasteiger charge is -2.15. The molecule has 2 aromatic carbocycles. The first kappa shape index (κ1) is 20.5. The first-order chi connectivity index (χ1) is 15.6. The zero-order valence-electron chi connectivity index (χ0n) is 16.7. The number of aliphatic hydroxyl groups excluding tert-OH is 3. The average molecular weight is 437 g/mol. The molecule has 4 N–H and O–H groups in total. The summed E-state index contributed by atoms with van der Waals surface area (Å²) in [6.07, 6.45) is -3.27. The van der Waals surface area contributed by atoms with Crippen LogP contribution in [-0.4, -0.2) is 60.0 Å². The monoisotopic (exact) mass is 437 g/mol. The maximum Gasteiger partial charge on any atom is 0.181 e. The van der Waals surface area contributed by atoms with Crippen molar-refractivity contribution in [3.8, 4) is 11.3 Å². The lowest BCUT2D eigenvalue weighted by atomic mass is 10.1. The quantitative estimate of drug-likeness (QED) is 0.374. The first-order valence-corrected chi connectivity index (χ1v) is 10.0. The minimum absolute atomic E-state index is 0.356. The van der Waals surface area contributed by atoms with Crippen molar-refractivity contribution in [1.82, 2.24) is 19.7 Å². The Hall–Kier alpha value is -3.44. The maximum absolute atomic E-state index is 13.3. The Kier molecular flexibility index (Phi) is 5.27. The number of hydrogen-bond donors (Lipinski definition) is 4. The van der Waals surface area contributed by atoms with Gasteiger partial charge in [0.2, 0.25) is 0 Å². The zero-order valence-corrected chi connectivity index (χ0v) is 16.7. The molecule has 1 fully saturated rings. The lowest BCUT2D eigenvalue weighted by Crippen LogP contribution is -2.33. The summed E-state index contributed by atoms with van der Waals surface area (Å²) < 4.78 is 20.4. The first-order valence-electron chi connectivity index (χ1n) is 10.0. The Morgan fingerprint density at radius 2 is 1.75 bits per heavy atom. The molecule has 9 nitrogen and oxygen atoms in total. The van der Waals surface area contributed by atoms with E-state index in [0.717, 1.165) is 5.56 Å². The molecule has 164 valence electrons. The highest BCUT2D eigenvalue weighted by Crippen LogP contribution is 2.37. The van der Waals surface area contributed by atoms with Crippen molar-refractivity contribution < 1.29 is 24.4 Å². The number of halogens is 1. The number of hydrogen-bond acceptors (Lipinski definition) is 8. The third-order valence-corrected chi connectivity index (χ3v) is 5.40. The maximum atomic E-state index is 13.3. The van der Waals surface area contributed by atoms with Gasteiger partial charge in [0.1, 0.15) is 42.0 Å². The summed E-state index contributed by atoms with van der Waals surface area (Å²) in [6, 6.07) is 15.2. The molecule has 0 aliphatic carbocycles. The largest absolute Gasteiger partial charge is 0.394 e. The second-order valence-corrected chi connectivity index (χ2v) is 7.44. The Labute approximate surface area is 181 Å². The molecule has 5 rings (SSSR count). The summed E-state index contributed by atoms with van der Waals surface area (Å²) in [6.45, 7) is -0.453. The van der Waals surface area contributed by atoms with Gasteiger partial charge in [-0.1, -0.05) is 30.3 Å². The van der Waals surface area contributed by atoms with Gasteiger partial charge in [0.25, 0.3) is 0 Å². The van der Waals surface area contributed by atoms with Crippen molar-refractivity contribution in [1.29, 1.82) is 0 Å². The molecule has 0 saturated carbocycles. The third kappa shape index (κ3) is 3.49. The van der Waals surface area contributed by atoms with Crippen molar-refractivity contribution in [2.75, 3.05) is 11.9 Å². The predicted molar refractivity (Wildman–Crippen MR) is 113 cm³/mol. The molecule has 1 saturated heterocycles. The zero-order chi connectivity index (χ0) is 22.2. The fourth-order valence-corrected chi connectivity index (χ4v) is 3.80. The van der Waals surface area contributed by atoms with E-state index in [1.807, 2.05) is 30.3 Å². The normalized spacial score (nSPS) is 23.0. The minimum Gasteiger partial charge on any atom is -0.394 e. The standard InChI is InChI=1S/C22H20FN5O4/c23-13-6-8-14(9-7-13)26-20-16-17(12-4-2-1-3-5-12)27-28(21(16)25-11-24-20)22-19(31)18(30)15(10-29)32-22/h1-9,11,15,18-19,22,29-31H,10H2,(H,24,25,26)/t15-,18+,19+,22-/m1/s1. The number of aliphatic hydroxyl groups is 3. The molecule has 0 radical (unpaired) electrons. The number of nitrogens with zero attached hydrogens (tertiary/aromatic N) is 4. The Bertz CT molecular complexity index is 1230. The van der Waals surface area contributed by atoms with Gasteiger partial charge in [0.05, 0.1) is 12.0 Å². The van der Waals surface area contributed by atoms with Crippen LogP contribution in [0.2, 0.25) is 0 Å². The van der Waals surface area contributed by atoms with E-state index in [4.69, 9.17) is 4.74 Å². The van der Waals surface area contributed by atoms with Crippen molar-refractivity contribution >= 4 is 22.5 Å².